The molecule has 0 radical (unpaired) electrons. The van der Waals surface area contributed by atoms with E-state index in [1.54, 1.807) is 7.05 Å². The van der Waals surface area contributed by atoms with Gasteiger partial charge < -0.3 is 5.32 Å². The van der Waals surface area contributed by atoms with E-state index in [0.29, 0.717) is 17.1 Å². The molecule has 0 bridgehead atoms. The van der Waals surface area contributed by atoms with Crippen molar-refractivity contribution in [3.05, 3.63) is 0 Å². The molecule has 0 spiro atoms. The van der Waals surface area contributed by atoms with Gasteiger partial charge in [0.2, 0.25) is 11.9 Å². The highest BCUT2D eigenvalue weighted by molar-refractivity contribution is 7.98. The quantitative estimate of drug-likeness (QED) is 0.446. The van der Waals surface area contributed by atoms with Gasteiger partial charge in [-0.3, -0.25) is 5.01 Å². The third-order valence-electron chi connectivity index (χ3n) is 1.52. The Hall–Kier alpha value is -1.08. The van der Waals surface area contributed by atoms with Crippen molar-refractivity contribution >= 4 is 23.7 Å². The van der Waals surface area contributed by atoms with Crippen molar-refractivity contribution in [2.45, 2.75) is 25.0 Å². The summed E-state index contributed by atoms with van der Waals surface area (Å²) in [6.07, 6.45) is 1.91. The van der Waals surface area contributed by atoms with Gasteiger partial charge in [-0.25, -0.2) is 5.84 Å². The van der Waals surface area contributed by atoms with E-state index in [9.17, 15) is 0 Å². The van der Waals surface area contributed by atoms with Crippen molar-refractivity contribution in [2.24, 2.45) is 5.84 Å². The van der Waals surface area contributed by atoms with Crippen LogP contribution in [0.5, 0.6) is 0 Å². The summed E-state index contributed by atoms with van der Waals surface area (Å²) in [5.74, 6) is 6.59. The number of nitrogens with two attached hydrogens (primary N) is 1. The van der Waals surface area contributed by atoms with Crippen LogP contribution in [-0.2, 0) is 0 Å². The molecule has 0 unspecified atom stereocenters. The molecule has 0 amide bonds. The Labute approximate surface area is 93.7 Å². The molecule has 0 saturated carbocycles. The van der Waals surface area contributed by atoms with Gasteiger partial charge in [0.15, 0.2) is 5.16 Å². The lowest BCUT2D eigenvalue weighted by molar-refractivity contribution is 0.810. The number of hydrogen-bond acceptors (Lipinski definition) is 7. The van der Waals surface area contributed by atoms with E-state index in [4.69, 9.17) is 5.84 Å². The fourth-order valence-electron chi connectivity index (χ4n) is 0.918. The van der Waals surface area contributed by atoms with Crippen molar-refractivity contribution in [1.29, 1.82) is 0 Å². The second-order valence-electron chi connectivity index (χ2n) is 3.36. The summed E-state index contributed by atoms with van der Waals surface area (Å²) in [6, 6.07) is 0.276. The van der Waals surface area contributed by atoms with E-state index >= 15 is 0 Å². The van der Waals surface area contributed by atoms with Crippen molar-refractivity contribution in [3.63, 3.8) is 0 Å². The Morgan fingerprint density at radius 1 is 1.33 bits per heavy atom. The zero-order valence-electron chi connectivity index (χ0n) is 9.35. The molecule has 0 aliphatic carbocycles. The molecule has 84 valence electrons. The molecule has 0 atom stereocenters. The van der Waals surface area contributed by atoms with Crippen LogP contribution in [0.3, 0.4) is 0 Å². The van der Waals surface area contributed by atoms with Gasteiger partial charge in [-0.05, 0) is 20.1 Å². The number of hydrogen-bond donors (Lipinski definition) is 2. The van der Waals surface area contributed by atoms with Gasteiger partial charge in [0, 0.05) is 13.1 Å². The van der Waals surface area contributed by atoms with E-state index in [0.717, 1.165) is 0 Å². The summed E-state index contributed by atoms with van der Waals surface area (Å²) in [5.41, 5.74) is 0. The van der Waals surface area contributed by atoms with E-state index in [-0.39, 0.29) is 6.04 Å². The summed E-state index contributed by atoms with van der Waals surface area (Å²) in [7, 11) is 1.69. The number of hydrazine groups is 1. The first kappa shape index (κ1) is 12.0. The fourth-order valence-corrected chi connectivity index (χ4v) is 1.27. The standard InChI is InChI=1S/C8H16N6S/c1-5(2)10-6-11-7(14(3)9)13-8(12-6)15-4/h5H,9H2,1-4H3,(H,10,11,12,13). The van der Waals surface area contributed by atoms with E-state index in [1.807, 2.05) is 20.1 Å². The maximum absolute atomic E-state index is 5.58. The number of nitrogens with one attached hydrogen (secondary N) is 1. The van der Waals surface area contributed by atoms with Gasteiger partial charge in [0.05, 0.1) is 0 Å². The van der Waals surface area contributed by atoms with Gasteiger partial charge in [-0.15, -0.1) is 0 Å². The van der Waals surface area contributed by atoms with Crippen LogP contribution in [0.2, 0.25) is 0 Å². The zero-order chi connectivity index (χ0) is 11.4. The third-order valence-corrected chi connectivity index (χ3v) is 2.07. The van der Waals surface area contributed by atoms with Crippen LogP contribution in [0.15, 0.2) is 5.16 Å². The minimum Gasteiger partial charge on any atom is -0.352 e. The molecule has 1 rings (SSSR count). The first-order chi connectivity index (χ1) is 7.02. The number of rotatable bonds is 4. The van der Waals surface area contributed by atoms with Crippen molar-refractivity contribution in [2.75, 3.05) is 23.6 Å². The molecule has 0 aliphatic heterocycles. The predicted octanol–water partition coefficient (Wildman–Crippen LogP) is 0.724. The summed E-state index contributed by atoms with van der Waals surface area (Å²) >= 11 is 1.46. The van der Waals surface area contributed by atoms with Gasteiger partial charge in [0.1, 0.15) is 0 Å². The maximum Gasteiger partial charge on any atom is 0.245 e. The molecule has 0 fully saturated rings. The molecule has 7 heteroatoms. The van der Waals surface area contributed by atoms with Crippen molar-refractivity contribution < 1.29 is 0 Å². The number of nitrogens with zero attached hydrogens (tertiary/aromatic N) is 4. The summed E-state index contributed by atoms with van der Waals surface area (Å²) in [6.45, 7) is 4.04. The lowest BCUT2D eigenvalue weighted by atomic mass is 10.4. The Balaban J connectivity index is 3.00. The highest BCUT2D eigenvalue weighted by atomic mass is 32.2. The fraction of sp³-hybridized carbons (Fsp3) is 0.625. The molecule has 0 aromatic carbocycles. The molecule has 0 saturated heterocycles. The first-order valence-electron chi connectivity index (χ1n) is 4.58. The highest BCUT2D eigenvalue weighted by Gasteiger charge is 2.08. The van der Waals surface area contributed by atoms with Crippen LogP contribution in [0.25, 0.3) is 0 Å². The van der Waals surface area contributed by atoms with Crippen LogP contribution in [-0.4, -0.2) is 34.3 Å². The molecular formula is C8H16N6S. The van der Waals surface area contributed by atoms with E-state index < -0.39 is 0 Å². The molecule has 3 N–H and O–H groups in total. The number of anilines is 2. The van der Waals surface area contributed by atoms with E-state index in [2.05, 4.69) is 20.3 Å². The SMILES string of the molecule is CSc1nc(NC(C)C)nc(N(C)N)n1. The third kappa shape index (κ3) is 3.52. The minimum atomic E-state index is 0.276. The van der Waals surface area contributed by atoms with Crippen LogP contribution < -0.4 is 16.2 Å². The minimum absolute atomic E-state index is 0.276. The average Bonchev–Trinajstić information content (AvgIpc) is 2.16. The summed E-state index contributed by atoms with van der Waals surface area (Å²) in [4.78, 5) is 12.6. The van der Waals surface area contributed by atoms with Crippen LogP contribution in [0.1, 0.15) is 13.8 Å². The molecule has 1 heterocycles. The lowest BCUT2D eigenvalue weighted by Crippen LogP contribution is -2.28. The van der Waals surface area contributed by atoms with Crippen LogP contribution >= 0.6 is 11.8 Å². The smallest absolute Gasteiger partial charge is 0.245 e. The number of aromatic nitrogens is 3. The Kier molecular flexibility index (Phi) is 4.10. The second kappa shape index (κ2) is 5.13. The maximum atomic E-state index is 5.58. The molecular weight excluding hydrogens is 212 g/mol. The number of thioether (sulfide) groups is 1. The molecule has 1 aromatic heterocycles. The Bertz CT molecular complexity index is 327. The second-order valence-corrected chi connectivity index (χ2v) is 4.13. The lowest BCUT2D eigenvalue weighted by Gasteiger charge is -2.13. The van der Waals surface area contributed by atoms with Crippen molar-refractivity contribution in [1.82, 2.24) is 15.0 Å². The summed E-state index contributed by atoms with van der Waals surface area (Å²) < 4.78 is 0. The monoisotopic (exact) mass is 228 g/mol. The Morgan fingerprint density at radius 3 is 2.47 bits per heavy atom. The molecule has 1 aromatic rings. The summed E-state index contributed by atoms with van der Waals surface area (Å²) in [5, 5.41) is 5.14. The zero-order valence-corrected chi connectivity index (χ0v) is 10.2. The highest BCUT2D eigenvalue weighted by Crippen LogP contribution is 2.14. The van der Waals surface area contributed by atoms with Crippen LogP contribution in [0.4, 0.5) is 11.9 Å². The largest absolute Gasteiger partial charge is 0.352 e. The van der Waals surface area contributed by atoms with Gasteiger partial charge in [-0.2, -0.15) is 15.0 Å². The van der Waals surface area contributed by atoms with E-state index in [1.165, 1.54) is 16.8 Å². The first-order valence-corrected chi connectivity index (χ1v) is 5.80. The van der Waals surface area contributed by atoms with Gasteiger partial charge in [0.25, 0.3) is 0 Å². The predicted molar refractivity (Wildman–Crippen MR) is 63.0 cm³/mol. The normalized spacial score (nSPS) is 10.5. The Morgan fingerprint density at radius 2 is 2.00 bits per heavy atom. The average molecular weight is 228 g/mol. The van der Waals surface area contributed by atoms with Crippen molar-refractivity contribution in [3.8, 4) is 0 Å². The topological polar surface area (TPSA) is 80.0 Å². The molecule has 0 aliphatic rings. The van der Waals surface area contributed by atoms with Gasteiger partial charge in [-0.1, -0.05) is 11.8 Å². The van der Waals surface area contributed by atoms with Crippen LogP contribution in [0, 0.1) is 0 Å². The molecule has 15 heavy (non-hydrogen) atoms. The molecule has 6 nitrogen and oxygen atoms in total. The van der Waals surface area contributed by atoms with Gasteiger partial charge >= 0.3 is 0 Å².